The second kappa shape index (κ2) is 6.45. The highest BCUT2D eigenvalue weighted by Gasteiger charge is 2.39. The van der Waals surface area contributed by atoms with Crippen LogP contribution in [0.15, 0.2) is 0 Å². The second-order valence-corrected chi connectivity index (χ2v) is 5.09. The van der Waals surface area contributed by atoms with E-state index in [0.717, 1.165) is 30.8 Å². The largest absolute Gasteiger partial charge is 0.356 e. The minimum Gasteiger partial charge on any atom is -0.356 e. The molecule has 1 amide bonds. The lowest BCUT2D eigenvalue weighted by atomic mass is 9.89. The van der Waals surface area contributed by atoms with Crippen LogP contribution in [0.25, 0.3) is 0 Å². The second-order valence-electron chi connectivity index (χ2n) is 5.09. The van der Waals surface area contributed by atoms with Crippen LogP contribution in [0.3, 0.4) is 0 Å². The van der Waals surface area contributed by atoms with Crippen molar-refractivity contribution in [1.29, 1.82) is 0 Å². The molecule has 2 bridgehead atoms. The van der Waals surface area contributed by atoms with Crippen molar-refractivity contribution in [3.63, 3.8) is 0 Å². The molecule has 2 aliphatic carbocycles. The van der Waals surface area contributed by atoms with Crippen LogP contribution in [0.2, 0.25) is 0 Å². The lowest BCUT2D eigenvalue weighted by Crippen LogP contribution is -2.32. The molecule has 2 rings (SSSR count). The van der Waals surface area contributed by atoms with Crippen LogP contribution in [0.1, 0.15) is 32.1 Å². The molecule has 0 spiro atoms. The number of carbonyl (C=O) groups excluding carboxylic acids is 1. The fourth-order valence-electron chi connectivity index (χ4n) is 3.20. The van der Waals surface area contributed by atoms with Crippen LogP contribution in [0.5, 0.6) is 0 Å². The molecule has 2 fully saturated rings. The Morgan fingerprint density at radius 2 is 2.12 bits per heavy atom. The standard InChI is InChI=1S/C12H22N2O.ClH/c1-13-5-4-12(15)14-8-11-7-9-2-3-10(11)6-9;/h9-11,13H,2-8H2,1H3,(H,14,15);1H. The van der Waals surface area contributed by atoms with Crippen molar-refractivity contribution in [2.24, 2.45) is 17.8 Å². The highest BCUT2D eigenvalue weighted by Crippen LogP contribution is 2.47. The normalized spacial score (nSPS) is 31.2. The van der Waals surface area contributed by atoms with Gasteiger partial charge in [0.2, 0.25) is 5.91 Å². The Hall–Kier alpha value is -0.280. The van der Waals surface area contributed by atoms with E-state index in [0.29, 0.717) is 6.42 Å². The quantitative estimate of drug-likeness (QED) is 0.773. The first-order chi connectivity index (χ1) is 7.29. The van der Waals surface area contributed by atoms with E-state index in [1.165, 1.54) is 25.7 Å². The molecule has 3 unspecified atom stereocenters. The lowest BCUT2D eigenvalue weighted by Gasteiger charge is -2.21. The zero-order chi connectivity index (χ0) is 10.7. The third-order valence-electron chi connectivity index (χ3n) is 4.05. The van der Waals surface area contributed by atoms with Gasteiger partial charge in [-0.1, -0.05) is 6.42 Å². The average molecular weight is 247 g/mol. The summed E-state index contributed by atoms with van der Waals surface area (Å²) in [5.41, 5.74) is 0. The third kappa shape index (κ3) is 3.36. The molecule has 0 aromatic rings. The molecule has 2 aliphatic rings. The molecule has 94 valence electrons. The molecule has 3 nitrogen and oxygen atoms in total. The molecule has 0 aliphatic heterocycles. The summed E-state index contributed by atoms with van der Waals surface area (Å²) < 4.78 is 0. The van der Waals surface area contributed by atoms with Gasteiger partial charge in [0.1, 0.15) is 0 Å². The number of rotatable bonds is 5. The van der Waals surface area contributed by atoms with Gasteiger partial charge in [0, 0.05) is 19.5 Å². The molecule has 0 aromatic carbocycles. The predicted octanol–water partition coefficient (Wildman–Crippen LogP) is 1.57. The Morgan fingerprint density at radius 1 is 1.31 bits per heavy atom. The van der Waals surface area contributed by atoms with Gasteiger partial charge in [0.15, 0.2) is 0 Å². The van der Waals surface area contributed by atoms with E-state index in [9.17, 15) is 4.79 Å². The number of hydrogen-bond donors (Lipinski definition) is 2. The van der Waals surface area contributed by atoms with Crippen LogP contribution in [0, 0.1) is 17.8 Å². The summed E-state index contributed by atoms with van der Waals surface area (Å²) in [6.45, 7) is 1.70. The van der Waals surface area contributed by atoms with Gasteiger partial charge >= 0.3 is 0 Å². The summed E-state index contributed by atoms with van der Waals surface area (Å²) in [6.07, 6.45) is 6.24. The van der Waals surface area contributed by atoms with E-state index in [1.807, 2.05) is 7.05 Å². The topological polar surface area (TPSA) is 41.1 Å². The number of fused-ring (bicyclic) bond motifs is 2. The predicted molar refractivity (Wildman–Crippen MR) is 67.7 cm³/mol. The monoisotopic (exact) mass is 246 g/mol. The molecule has 0 heterocycles. The first-order valence-electron chi connectivity index (χ1n) is 6.21. The molecule has 2 saturated carbocycles. The first-order valence-corrected chi connectivity index (χ1v) is 6.21. The Labute approximate surface area is 104 Å². The Kier molecular flexibility index (Phi) is 5.56. The van der Waals surface area contributed by atoms with Crippen molar-refractivity contribution in [1.82, 2.24) is 10.6 Å². The minimum atomic E-state index is 0. The smallest absolute Gasteiger partial charge is 0.221 e. The maximum Gasteiger partial charge on any atom is 0.221 e. The lowest BCUT2D eigenvalue weighted by molar-refractivity contribution is -0.121. The van der Waals surface area contributed by atoms with Crippen LogP contribution >= 0.6 is 12.4 Å². The zero-order valence-corrected chi connectivity index (χ0v) is 10.8. The Bertz CT molecular complexity index is 235. The molecule has 0 aromatic heterocycles. The number of amides is 1. The van der Waals surface area contributed by atoms with E-state index < -0.39 is 0 Å². The molecule has 0 radical (unpaired) electrons. The van der Waals surface area contributed by atoms with Crippen molar-refractivity contribution in [3.8, 4) is 0 Å². The van der Waals surface area contributed by atoms with Gasteiger partial charge in [-0.05, 0) is 44.1 Å². The summed E-state index contributed by atoms with van der Waals surface area (Å²) in [5, 5.41) is 6.06. The van der Waals surface area contributed by atoms with Crippen molar-refractivity contribution in [2.45, 2.75) is 32.1 Å². The summed E-state index contributed by atoms with van der Waals surface area (Å²) in [5.74, 6) is 2.88. The van der Waals surface area contributed by atoms with Gasteiger partial charge in [-0.25, -0.2) is 0 Å². The number of carbonyl (C=O) groups is 1. The van der Waals surface area contributed by atoms with E-state index in [-0.39, 0.29) is 18.3 Å². The maximum atomic E-state index is 11.4. The summed E-state index contributed by atoms with van der Waals surface area (Å²) in [4.78, 5) is 11.4. The van der Waals surface area contributed by atoms with E-state index >= 15 is 0 Å². The summed E-state index contributed by atoms with van der Waals surface area (Å²) in [6, 6.07) is 0. The fraction of sp³-hybridized carbons (Fsp3) is 0.917. The van der Waals surface area contributed by atoms with Gasteiger partial charge in [0.25, 0.3) is 0 Å². The van der Waals surface area contributed by atoms with Gasteiger partial charge in [-0.2, -0.15) is 0 Å². The van der Waals surface area contributed by atoms with E-state index in [1.54, 1.807) is 0 Å². The molecular weight excluding hydrogens is 224 g/mol. The first kappa shape index (κ1) is 13.8. The molecule has 16 heavy (non-hydrogen) atoms. The summed E-state index contributed by atoms with van der Waals surface area (Å²) in [7, 11) is 1.88. The average Bonchev–Trinajstić information content (AvgIpc) is 2.84. The number of nitrogens with one attached hydrogen (secondary N) is 2. The zero-order valence-electron chi connectivity index (χ0n) is 10.00. The van der Waals surface area contributed by atoms with Gasteiger partial charge in [0.05, 0.1) is 0 Å². The fourth-order valence-corrected chi connectivity index (χ4v) is 3.20. The van der Waals surface area contributed by atoms with Gasteiger partial charge in [-0.3, -0.25) is 4.79 Å². The van der Waals surface area contributed by atoms with Crippen molar-refractivity contribution in [3.05, 3.63) is 0 Å². The van der Waals surface area contributed by atoms with Crippen molar-refractivity contribution in [2.75, 3.05) is 20.1 Å². The van der Waals surface area contributed by atoms with Crippen molar-refractivity contribution < 1.29 is 4.79 Å². The van der Waals surface area contributed by atoms with Gasteiger partial charge in [-0.15, -0.1) is 12.4 Å². The van der Waals surface area contributed by atoms with Crippen LogP contribution in [-0.2, 0) is 4.79 Å². The highest BCUT2D eigenvalue weighted by molar-refractivity contribution is 5.85. The maximum absolute atomic E-state index is 11.4. The third-order valence-corrected chi connectivity index (χ3v) is 4.05. The summed E-state index contributed by atoms with van der Waals surface area (Å²) >= 11 is 0. The minimum absolute atomic E-state index is 0. The molecule has 2 N–H and O–H groups in total. The molecule has 0 saturated heterocycles. The Morgan fingerprint density at radius 3 is 2.69 bits per heavy atom. The highest BCUT2D eigenvalue weighted by atomic mass is 35.5. The van der Waals surface area contributed by atoms with Crippen molar-refractivity contribution >= 4 is 18.3 Å². The Balaban J connectivity index is 0.00000128. The number of hydrogen-bond acceptors (Lipinski definition) is 2. The van der Waals surface area contributed by atoms with E-state index in [2.05, 4.69) is 10.6 Å². The molecule has 4 heteroatoms. The van der Waals surface area contributed by atoms with Crippen LogP contribution in [0.4, 0.5) is 0 Å². The van der Waals surface area contributed by atoms with Crippen LogP contribution in [-0.4, -0.2) is 26.0 Å². The molecular formula is C12H23ClN2O. The number of halogens is 1. The van der Waals surface area contributed by atoms with E-state index in [4.69, 9.17) is 0 Å². The SMILES string of the molecule is CNCCC(=O)NCC1CC2CCC1C2.Cl. The van der Waals surface area contributed by atoms with Crippen LogP contribution < -0.4 is 10.6 Å². The van der Waals surface area contributed by atoms with Gasteiger partial charge < -0.3 is 10.6 Å². The molecule has 3 atom stereocenters.